The fourth-order valence-electron chi connectivity index (χ4n) is 2.38. The minimum absolute atomic E-state index is 0.0229. The monoisotopic (exact) mass is 358 g/mol. The highest BCUT2D eigenvalue weighted by molar-refractivity contribution is 6.01. The Labute approximate surface area is 151 Å². The van der Waals surface area contributed by atoms with Gasteiger partial charge >= 0.3 is 5.97 Å². The number of phenols is 1. The number of carbonyl (C=O) groups is 3. The van der Waals surface area contributed by atoms with E-state index in [1.807, 2.05) is 19.1 Å². The Balaban J connectivity index is 1.93. The number of amides is 2. The molecule has 2 rings (SSSR count). The van der Waals surface area contributed by atoms with Crippen molar-refractivity contribution in [1.29, 1.82) is 0 Å². The van der Waals surface area contributed by atoms with Crippen LogP contribution in [0, 0.1) is 0 Å². The zero-order valence-corrected chi connectivity index (χ0v) is 14.7. The van der Waals surface area contributed by atoms with Gasteiger partial charge in [-0.3, -0.25) is 9.59 Å². The van der Waals surface area contributed by atoms with Crippen LogP contribution in [0.4, 0.5) is 0 Å². The van der Waals surface area contributed by atoms with Gasteiger partial charge in [0, 0.05) is 11.9 Å². The van der Waals surface area contributed by atoms with Crippen molar-refractivity contribution in [3.05, 3.63) is 42.0 Å². The van der Waals surface area contributed by atoms with Gasteiger partial charge in [-0.15, -0.1) is 0 Å². The summed E-state index contributed by atoms with van der Waals surface area (Å²) in [5.41, 5.74) is -0.0229. The molecule has 0 radical (unpaired) electrons. The third-order valence-electron chi connectivity index (χ3n) is 3.77. The summed E-state index contributed by atoms with van der Waals surface area (Å²) in [6.07, 6.45) is 0.791. The van der Waals surface area contributed by atoms with Crippen molar-refractivity contribution in [2.24, 2.45) is 0 Å². The quantitative estimate of drug-likeness (QED) is 0.654. The molecule has 7 heteroatoms. The van der Waals surface area contributed by atoms with E-state index >= 15 is 0 Å². The molecule has 0 bridgehead atoms. The van der Waals surface area contributed by atoms with Crippen LogP contribution in [0.15, 0.2) is 36.4 Å². The second kappa shape index (κ2) is 8.84. The molecule has 7 nitrogen and oxygen atoms in total. The number of nitrogens with one attached hydrogen (secondary N) is 2. The molecule has 138 valence electrons. The minimum Gasteiger partial charge on any atom is -0.506 e. The first-order valence-corrected chi connectivity index (χ1v) is 8.39. The molecule has 0 aliphatic rings. The summed E-state index contributed by atoms with van der Waals surface area (Å²) in [4.78, 5) is 35.7. The molecule has 0 aliphatic carbocycles. The van der Waals surface area contributed by atoms with Gasteiger partial charge in [-0.05, 0) is 24.8 Å². The van der Waals surface area contributed by atoms with E-state index in [2.05, 4.69) is 10.6 Å². The summed E-state index contributed by atoms with van der Waals surface area (Å²) in [6.45, 7) is 3.44. The molecule has 0 saturated heterocycles. The summed E-state index contributed by atoms with van der Waals surface area (Å²) in [5, 5.41) is 16.6. The van der Waals surface area contributed by atoms with Crippen LogP contribution >= 0.6 is 0 Å². The molecule has 0 spiro atoms. The Morgan fingerprint density at radius 1 is 1.15 bits per heavy atom. The molecule has 0 unspecified atom stereocenters. The zero-order chi connectivity index (χ0) is 19.1. The van der Waals surface area contributed by atoms with Gasteiger partial charge < -0.3 is 20.5 Å². The third-order valence-corrected chi connectivity index (χ3v) is 3.77. The Morgan fingerprint density at radius 3 is 2.62 bits per heavy atom. The lowest BCUT2D eigenvalue weighted by atomic mass is 10.1. The molecule has 3 N–H and O–H groups in total. The third kappa shape index (κ3) is 4.72. The molecule has 0 heterocycles. The van der Waals surface area contributed by atoms with E-state index in [1.165, 1.54) is 6.07 Å². The topological polar surface area (TPSA) is 105 Å². The van der Waals surface area contributed by atoms with Crippen LogP contribution < -0.4 is 10.6 Å². The zero-order valence-electron chi connectivity index (χ0n) is 14.7. The molecule has 2 aromatic rings. The van der Waals surface area contributed by atoms with Gasteiger partial charge in [0.2, 0.25) is 5.91 Å². The number of fused-ring (bicyclic) bond motifs is 1. The number of benzene rings is 2. The SMILES string of the molecule is CCCNC(=O)[C@@H](C)NC(=O)COC(=O)c1ccc2ccccc2c1O. The van der Waals surface area contributed by atoms with Crippen molar-refractivity contribution in [2.75, 3.05) is 13.2 Å². The Kier molecular flexibility index (Phi) is 6.54. The maximum Gasteiger partial charge on any atom is 0.342 e. The predicted octanol–water partition coefficient (Wildman–Crippen LogP) is 1.73. The fourth-order valence-corrected chi connectivity index (χ4v) is 2.38. The Morgan fingerprint density at radius 2 is 1.88 bits per heavy atom. The van der Waals surface area contributed by atoms with E-state index in [4.69, 9.17) is 4.74 Å². The van der Waals surface area contributed by atoms with Crippen LogP contribution in [0.1, 0.15) is 30.6 Å². The molecule has 0 saturated carbocycles. The van der Waals surface area contributed by atoms with Gasteiger partial charge in [0.15, 0.2) is 6.61 Å². The second-order valence-corrected chi connectivity index (χ2v) is 5.84. The highest BCUT2D eigenvalue weighted by atomic mass is 16.5. The second-order valence-electron chi connectivity index (χ2n) is 5.84. The summed E-state index contributed by atoms with van der Waals surface area (Å²) in [6, 6.07) is 9.46. The Bertz CT molecular complexity index is 819. The molecular weight excluding hydrogens is 336 g/mol. The average Bonchev–Trinajstić information content (AvgIpc) is 2.64. The maximum absolute atomic E-state index is 12.1. The van der Waals surface area contributed by atoms with Gasteiger partial charge in [-0.25, -0.2) is 4.79 Å². The molecule has 1 atom stereocenters. The number of esters is 1. The lowest BCUT2D eigenvalue weighted by molar-refractivity contribution is -0.130. The van der Waals surface area contributed by atoms with E-state index in [9.17, 15) is 19.5 Å². The standard InChI is InChI=1S/C19H22N2O5/c1-3-10-20-18(24)12(2)21-16(22)11-26-19(25)15-9-8-13-6-4-5-7-14(13)17(15)23/h4-9,12,23H,3,10-11H2,1-2H3,(H,20,24)(H,21,22)/t12-/m1/s1. The number of aromatic hydroxyl groups is 1. The first-order valence-electron chi connectivity index (χ1n) is 8.39. The van der Waals surface area contributed by atoms with Crippen molar-refractivity contribution >= 4 is 28.6 Å². The van der Waals surface area contributed by atoms with Gasteiger partial charge in [0.25, 0.3) is 5.91 Å². The van der Waals surface area contributed by atoms with Crippen LogP contribution in [0.3, 0.4) is 0 Å². The molecular formula is C19H22N2O5. The van der Waals surface area contributed by atoms with Gasteiger partial charge in [-0.1, -0.05) is 37.3 Å². The highest BCUT2D eigenvalue weighted by Gasteiger charge is 2.19. The van der Waals surface area contributed by atoms with E-state index in [0.29, 0.717) is 11.9 Å². The molecule has 26 heavy (non-hydrogen) atoms. The molecule has 0 fully saturated rings. The van der Waals surface area contributed by atoms with E-state index < -0.39 is 24.5 Å². The van der Waals surface area contributed by atoms with Crippen molar-refractivity contribution in [1.82, 2.24) is 10.6 Å². The number of carbonyl (C=O) groups excluding carboxylic acids is 3. The average molecular weight is 358 g/mol. The lowest BCUT2D eigenvalue weighted by Gasteiger charge is -2.14. The van der Waals surface area contributed by atoms with Gasteiger partial charge in [-0.2, -0.15) is 0 Å². The van der Waals surface area contributed by atoms with E-state index in [1.54, 1.807) is 25.1 Å². The van der Waals surface area contributed by atoms with Crippen LogP contribution in [-0.2, 0) is 14.3 Å². The fraction of sp³-hybridized carbons (Fsp3) is 0.316. The van der Waals surface area contributed by atoms with Crippen LogP contribution in [0.2, 0.25) is 0 Å². The minimum atomic E-state index is -0.813. The van der Waals surface area contributed by atoms with Gasteiger partial charge in [0.1, 0.15) is 17.4 Å². The maximum atomic E-state index is 12.1. The normalized spacial score (nSPS) is 11.6. The molecule has 0 aliphatic heterocycles. The van der Waals surface area contributed by atoms with E-state index in [0.717, 1.165) is 11.8 Å². The largest absolute Gasteiger partial charge is 0.506 e. The summed E-state index contributed by atoms with van der Waals surface area (Å²) in [5.74, 6) is -1.91. The molecule has 0 aromatic heterocycles. The Hall–Kier alpha value is -3.09. The smallest absolute Gasteiger partial charge is 0.342 e. The molecule has 2 amide bonds. The van der Waals surface area contributed by atoms with Crippen molar-refractivity contribution < 1.29 is 24.2 Å². The summed E-state index contributed by atoms with van der Waals surface area (Å²) < 4.78 is 4.94. The van der Waals surface area contributed by atoms with Crippen LogP contribution in [0.5, 0.6) is 5.75 Å². The van der Waals surface area contributed by atoms with Crippen molar-refractivity contribution in [2.45, 2.75) is 26.3 Å². The van der Waals surface area contributed by atoms with Crippen LogP contribution in [-0.4, -0.2) is 42.1 Å². The van der Waals surface area contributed by atoms with Crippen molar-refractivity contribution in [3.8, 4) is 5.75 Å². The predicted molar refractivity (Wildman–Crippen MR) is 96.8 cm³/mol. The van der Waals surface area contributed by atoms with E-state index in [-0.39, 0.29) is 17.2 Å². The lowest BCUT2D eigenvalue weighted by Crippen LogP contribution is -2.46. The highest BCUT2D eigenvalue weighted by Crippen LogP contribution is 2.28. The number of phenolic OH excluding ortho intramolecular Hbond substituents is 1. The summed E-state index contributed by atoms with van der Waals surface area (Å²) in [7, 11) is 0. The van der Waals surface area contributed by atoms with Gasteiger partial charge in [0.05, 0.1) is 0 Å². The first kappa shape index (κ1) is 19.2. The molecule has 2 aromatic carbocycles. The summed E-state index contributed by atoms with van der Waals surface area (Å²) >= 11 is 0. The number of hydrogen-bond donors (Lipinski definition) is 3. The van der Waals surface area contributed by atoms with Crippen molar-refractivity contribution in [3.63, 3.8) is 0 Å². The number of hydrogen-bond acceptors (Lipinski definition) is 5. The number of rotatable bonds is 7. The number of ether oxygens (including phenoxy) is 1. The first-order chi connectivity index (χ1) is 12.4. The van der Waals surface area contributed by atoms with Crippen LogP contribution in [0.25, 0.3) is 10.8 Å².